The maximum absolute atomic E-state index is 12.6. The predicted octanol–water partition coefficient (Wildman–Crippen LogP) is 3.53. The molecule has 0 saturated heterocycles. The lowest BCUT2D eigenvalue weighted by atomic mass is 10.3. The minimum Gasteiger partial charge on any atom is -0.457 e. The summed E-state index contributed by atoms with van der Waals surface area (Å²) in [6.45, 7) is 0. The number of hydrogen-bond donors (Lipinski definition) is 2. The van der Waals surface area contributed by atoms with Crippen LogP contribution in [0.2, 0.25) is 0 Å². The van der Waals surface area contributed by atoms with Crippen molar-refractivity contribution in [3.05, 3.63) is 60.4 Å². The molecule has 0 aliphatic carbocycles. The molecule has 11 heteroatoms. The van der Waals surface area contributed by atoms with Crippen molar-refractivity contribution >= 4 is 23.4 Å². The van der Waals surface area contributed by atoms with E-state index in [4.69, 9.17) is 10.6 Å². The van der Waals surface area contributed by atoms with Gasteiger partial charge in [-0.2, -0.15) is 13.2 Å². The van der Waals surface area contributed by atoms with E-state index in [1.54, 1.807) is 24.3 Å². The molecular formula is C17H14F3N5O2S. The van der Waals surface area contributed by atoms with E-state index >= 15 is 0 Å². The number of anilines is 1. The summed E-state index contributed by atoms with van der Waals surface area (Å²) >= 11 is 0.744. The van der Waals surface area contributed by atoms with Gasteiger partial charge in [0.1, 0.15) is 11.5 Å². The minimum atomic E-state index is -4.72. The second-order valence-corrected chi connectivity index (χ2v) is 6.39. The van der Waals surface area contributed by atoms with Crippen LogP contribution >= 0.6 is 11.8 Å². The van der Waals surface area contributed by atoms with Crippen molar-refractivity contribution < 1.29 is 22.7 Å². The molecule has 0 spiro atoms. The normalized spacial score (nSPS) is 11.2. The van der Waals surface area contributed by atoms with E-state index in [9.17, 15) is 18.0 Å². The largest absolute Gasteiger partial charge is 0.457 e. The molecule has 1 aromatic heterocycles. The number of nitrogens with zero attached hydrogens (tertiary/aromatic N) is 3. The first-order valence-corrected chi connectivity index (χ1v) is 8.85. The van der Waals surface area contributed by atoms with Gasteiger partial charge in [-0.1, -0.05) is 30.0 Å². The molecule has 0 aliphatic heterocycles. The molecule has 0 unspecified atom stereocenters. The van der Waals surface area contributed by atoms with E-state index in [0.717, 1.165) is 11.8 Å². The highest BCUT2D eigenvalue weighted by molar-refractivity contribution is 7.99. The Bertz CT molecular complexity index is 946. The first-order chi connectivity index (χ1) is 13.3. The van der Waals surface area contributed by atoms with Crippen LogP contribution in [-0.2, 0) is 11.0 Å². The van der Waals surface area contributed by atoms with Gasteiger partial charge in [0.2, 0.25) is 11.1 Å². The second kappa shape index (κ2) is 8.21. The van der Waals surface area contributed by atoms with Crippen molar-refractivity contribution in [1.29, 1.82) is 0 Å². The summed E-state index contributed by atoms with van der Waals surface area (Å²) in [5.74, 6) is 4.64. The van der Waals surface area contributed by atoms with Gasteiger partial charge in [0.25, 0.3) is 5.82 Å². The van der Waals surface area contributed by atoms with Gasteiger partial charge in [-0.3, -0.25) is 4.79 Å². The minimum absolute atomic E-state index is 0.185. The number of amides is 1. The van der Waals surface area contributed by atoms with Gasteiger partial charge in [-0.05, 0) is 36.4 Å². The molecule has 7 nitrogen and oxygen atoms in total. The van der Waals surface area contributed by atoms with Crippen LogP contribution in [0.15, 0.2) is 59.8 Å². The van der Waals surface area contributed by atoms with E-state index in [2.05, 4.69) is 15.5 Å². The van der Waals surface area contributed by atoms with E-state index in [-0.39, 0.29) is 10.9 Å². The molecule has 0 fully saturated rings. The van der Waals surface area contributed by atoms with Gasteiger partial charge in [-0.25, -0.2) is 4.68 Å². The Morgan fingerprint density at radius 1 is 1.07 bits per heavy atom. The second-order valence-electron chi connectivity index (χ2n) is 5.45. The Balaban J connectivity index is 1.53. The molecule has 0 saturated carbocycles. The van der Waals surface area contributed by atoms with Crippen LogP contribution in [0.25, 0.3) is 0 Å². The number of para-hydroxylation sites is 1. The van der Waals surface area contributed by atoms with Gasteiger partial charge < -0.3 is 15.9 Å². The monoisotopic (exact) mass is 409 g/mol. The van der Waals surface area contributed by atoms with Crippen molar-refractivity contribution in [2.75, 3.05) is 16.9 Å². The van der Waals surface area contributed by atoms with Gasteiger partial charge >= 0.3 is 6.18 Å². The quantitative estimate of drug-likeness (QED) is 0.478. The molecule has 0 atom stereocenters. The van der Waals surface area contributed by atoms with E-state index in [0.29, 0.717) is 21.9 Å². The molecule has 1 amide bonds. The number of rotatable bonds is 6. The standard InChI is InChI=1S/C17H14F3N5O2S/c18-17(19,20)15-23-24-16(25(15)21)28-10-14(26)22-11-6-8-13(9-7-11)27-12-4-2-1-3-5-12/h1-9H,10,21H2,(H,22,26). The average Bonchev–Trinajstić information content (AvgIpc) is 3.03. The van der Waals surface area contributed by atoms with Gasteiger partial charge in [0.15, 0.2) is 0 Å². The number of carbonyl (C=O) groups excluding carboxylic acids is 1. The van der Waals surface area contributed by atoms with Crippen LogP contribution in [0.4, 0.5) is 18.9 Å². The SMILES string of the molecule is Nn1c(SCC(=O)Nc2ccc(Oc3ccccc3)cc2)nnc1C(F)(F)F. The van der Waals surface area contributed by atoms with Crippen LogP contribution < -0.4 is 15.9 Å². The number of ether oxygens (including phenoxy) is 1. The molecule has 3 N–H and O–H groups in total. The summed E-state index contributed by atoms with van der Waals surface area (Å²) < 4.78 is 43.8. The third-order valence-corrected chi connectivity index (χ3v) is 4.31. The van der Waals surface area contributed by atoms with Crippen molar-refractivity contribution in [1.82, 2.24) is 14.9 Å². The highest BCUT2D eigenvalue weighted by Gasteiger charge is 2.38. The van der Waals surface area contributed by atoms with Crippen LogP contribution in [0.3, 0.4) is 0 Å². The predicted molar refractivity (Wildman–Crippen MR) is 97.5 cm³/mol. The van der Waals surface area contributed by atoms with Crippen LogP contribution in [0.5, 0.6) is 11.5 Å². The van der Waals surface area contributed by atoms with Crippen molar-refractivity contribution in [3.63, 3.8) is 0 Å². The molecule has 28 heavy (non-hydrogen) atoms. The number of aromatic nitrogens is 3. The van der Waals surface area contributed by atoms with Crippen molar-refractivity contribution in [2.45, 2.75) is 11.3 Å². The van der Waals surface area contributed by atoms with E-state index in [1.165, 1.54) is 0 Å². The van der Waals surface area contributed by atoms with Gasteiger partial charge in [0.05, 0.1) is 5.75 Å². The Morgan fingerprint density at radius 3 is 2.32 bits per heavy atom. The molecule has 0 aliphatic rings. The number of halogens is 3. The number of thioether (sulfide) groups is 1. The fraction of sp³-hybridized carbons (Fsp3) is 0.118. The number of benzene rings is 2. The Labute approximate surface area is 161 Å². The lowest BCUT2D eigenvalue weighted by Crippen LogP contribution is -2.22. The Kier molecular flexibility index (Phi) is 5.73. The lowest BCUT2D eigenvalue weighted by Gasteiger charge is -2.08. The maximum atomic E-state index is 12.6. The smallest absolute Gasteiger partial charge is 0.453 e. The first-order valence-electron chi connectivity index (χ1n) is 7.86. The van der Waals surface area contributed by atoms with E-state index < -0.39 is 17.9 Å². The number of carbonyl (C=O) groups is 1. The molecule has 2 aromatic carbocycles. The van der Waals surface area contributed by atoms with Crippen LogP contribution in [0.1, 0.15) is 5.82 Å². The molecular weight excluding hydrogens is 395 g/mol. The fourth-order valence-corrected chi connectivity index (χ4v) is 2.78. The zero-order valence-electron chi connectivity index (χ0n) is 14.2. The lowest BCUT2D eigenvalue weighted by molar-refractivity contribution is -0.146. The summed E-state index contributed by atoms with van der Waals surface area (Å²) in [5, 5.41) is 8.75. The summed E-state index contributed by atoms with van der Waals surface area (Å²) in [5.41, 5.74) is 0.510. The van der Waals surface area contributed by atoms with Crippen LogP contribution in [0, 0.1) is 0 Å². The molecule has 0 radical (unpaired) electrons. The highest BCUT2D eigenvalue weighted by atomic mass is 32.2. The summed E-state index contributed by atoms with van der Waals surface area (Å²) in [6, 6.07) is 15.9. The zero-order chi connectivity index (χ0) is 20.1. The summed E-state index contributed by atoms with van der Waals surface area (Å²) in [6.07, 6.45) is -4.72. The first kappa shape index (κ1) is 19.5. The Morgan fingerprint density at radius 2 is 1.71 bits per heavy atom. The number of alkyl halides is 3. The van der Waals surface area contributed by atoms with Crippen molar-refractivity contribution in [3.8, 4) is 11.5 Å². The number of hydrogen-bond acceptors (Lipinski definition) is 6. The van der Waals surface area contributed by atoms with E-state index in [1.807, 2.05) is 30.3 Å². The van der Waals surface area contributed by atoms with Crippen LogP contribution in [-0.4, -0.2) is 26.5 Å². The fourth-order valence-electron chi connectivity index (χ4n) is 2.13. The summed E-state index contributed by atoms with van der Waals surface area (Å²) in [4.78, 5) is 12.0. The maximum Gasteiger partial charge on any atom is 0.453 e. The molecule has 1 heterocycles. The topological polar surface area (TPSA) is 95.1 Å². The number of nitrogens with two attached hydrogens (primary N) is 1. The third kappa shape index (κ3) is 4.94. The number of nitrogens with one attached hydrogen (secondary N) is 1. The molecule has 3 rings (SSSR count). The number of nitrogen functional groups attached to an aromatic ring is 1. The molecule has 146 valence electrons. The summed E-state index contributed by atoms with van der Waals surface area (Å²) in [7, 11) is 0. The van der Waals surface area contributed by atoms with Crippen molar-refractivity contribution in [2.24, 2.45) is 0 Å². The van der Waals surface area contributed by atoms with Gasteiger partial charge in [0, 0.05) is 5.69 Å². The van der Waals surface area contributed by atoms with Gasteiger partial charge in [-0.15, -0.1) is 10.2 Å². The third-order valence-electron chi connectivity index (χ3n) is 3.37. The zero-order valence-corrected chi connectivity index (χ0v) is 15.0. The highest BCUT2D eigenvalue weighted by Crippen LogP contribution is 2.29. The molecule has 0 bridgehead atoms. The Hall–Kier alpha value is -3.21. The average molecular weight is 409 g/mol. The molecule has 3 aromatic rings.